The molecule has 3 aromatic carbocycles. The molecule has 0 saturated carbocycles. The van der Waals surface area contributed by atoms with Gasteiger partial charge in [0.05, 0.1) is 6.21 Å². The maximum atomic E-state index is 12.4. The van der Waals surface area contributed by atoms with Crippen molar-refractivity contribution in [3.05, 3.63) is 71.3 Å². The Morgan fingerprint density at radius 1 is 1.04 bits per heavy atom. The summed E-state index contributed by atoms with van der Waals surface area (Å²) in [5.41, 5.74) is 6.23. The summed E-state index contributed by atoms with van der Waals surface area (Å²) in [6.07, 6.45) is 1.47. The van der Waals surface area contributed by atoms with Crippen LogP contribution in [0.4, 0.5) is 5.69 Å². The highest BCUT2D eigenvalue weighted by molar-refractivity contribution is 6.02. The van der Waals surface area contributed by atoms with E-state index in [0.29, 0.717) is 5.56 Å². The highest BCUT2D eigenvalue weighted by Gasteiger charge is 2.14. The Morgan fingerprint density at radius 3 is 2.48 bits per heavy atom. The molecule has 0 aromatic heterocycles. The second-order valence-electron chi connectivity index (χ2n) is 6.59. The SMILES string of the molecule is Cc1cccc(C)c1NC(C)C(=O)N/N=C/c1c(O)ccc2ccccc12. The van der Waals surface area contributed by atoms with Gasteiger partial charge in [-0.15, -0.1) is 0 Å². The number of phenols is 1. The molecular weight excluding hydrogens is 338 g/mol. The maximum absolute atomic E-state index is 12.4. The minimum absolute atomic E-state index is 0.119. The van der Waals surface area contributed by atoms with Crippen LogP contribution in [0.25, 0.3) is 10.8 Å². The van der Waals surface area contributed by atoms with Crippen molar-refractivity contribution in [2.45, 2.75) is 26.8 Å². The van der Waals surface area contributed by atoms with E-state index in [1.54, 1.807) is 13.0 Å². The van der Waals surface area contributed by atoms with E-state index >= 15 is 0 Å². The molecule has 1 atom stereocenters. The average molecular weight is 361 g/mol. The molecule has 5 nitrogen and oxygen atoms in total. The summed E-state index contributed by atoms with van der Waals surface area (Å²) >= 11 is 0. The van der Waals surface area contributed by atoms with Crippen molar-refractivity contribution >= 4 is 28.6 Å². The van der Waals surface area contributed by atoms with Crippen LogP contribution in [0.5, 0.6) is 5.75 Å². The smallest absolute Gasteiger partial charge is 0.262 e. The predicted molar refractivity (Wildman–Crippen MR) is 110 cm³/mol. The average Bonchev–Trinajstić information content (AvgIpc) is 2.66. The number of nitrogens with zero attached hydrogens (tertiary/aromatic N) is 1. The first-order valence-electron chi connectivity index (χ1n) is 8.83. The van der Waals surface area contributed by atoms with Crippen LogP contribution in [0.1, 0.15) is 23.6 Å². The molecule has 0 aliphatic rings. The van der Waals surface area contributed by atoms with Crippen molar-refractivity contribution in [2.24, 2.45) is 5.10 Å². The molecule has 138 valence electrons. The predicted octanol–water partition coefficient (Wildman–Crippen LogP) is 4.11. The Balaban J connectivity index is 1.71. The van der Waals surface area contributed by atoms with Crippen LogP contribution in [0, 0.1) is 13.8 Å². The first kappa shape index (κ1) is 18.5. The highest BCUT2D eigenvalue weighted by Crippen LogP contribution is 2.25. The molecule has 0 fully saturated rings. The zero-order chi connectivity index (χ0) is 19.4. The number of benzene rings is 3. The van der Waals surface area contributed by atoms with E-state index in [1.807, 2.05) is 62.4 Å². The second-order valence-corrected chi connectivity index (χ2v) is 6.59. The third-order valence-electron chi connectivity index (χ3n) is 4.55. The Labute approximate surface area is 158 Å². The molecule has 0 spiro atoms. The molecule has 0 aliphatic carbocycles. The monoisotopic (exact) mass is 361 g/mol. The van der Waals surface area contributed by atoms with Crippen LogP contribution in [0.3, 0.4) is 0 Å². The maximum Gasteiger partial charge on any atom is 0.262 e. The third-order valence-corrected chi connectivity index (χ3v) is 4.55. The first-order chi connectivity index (χ1) is 13.0. The molecule has 3 N–H and O–H groups in total. The van der Waals surface area contributed by atoms with Crippen LogP contribution in [-0.4, -0.2) is 23.3 Å². The van der Waals surface area contributed by atoms with E-state index in [1.165, 1.54) is 6.21 Å². The molecular formula is C22H23N3O2. The van der Waals surface area contributed by atoms with Crippen LogP contribution in [0.15, 0.2) is 59.7 Å². The summed E-state index contributed by atoms with van der Waals surface area (Å²) in [5, 5.41) is 19.3. The van der Waals surface area contributed by atoms with Crippen molar-refractivity contribution < 1.29 is 9.90 Å². The Morgan fingerprint density at radius 2 is 1.74 bits per heavy atom. The van der Waals surface area contributed by atoms with E-state index < -0.39 is 6.04 Å². The van der Waals surface area contributed by atoms with Crippen LogP contribution < -0.4 is 10.7 Å². The van der Waals surface area contributed by atoms with Gasteiger partial charge in [0.15, 0.2) is 0 Å². The van der Waals surface area contributed by atoms with E-state index in [0.717, 1.165) is 27.6 Å². The number of aryl methyl sites for hydroxylation is 2. The molecule has 5 heteroatoms. The number of rotatable bonds is 5. The van der Waals surface area contributed by atoms with Gasteiger partial charge >= 0.3 is 0 Å². The zero-order valence-corrected chi connectivity index (χ0v) is 15.7. The fourth-order valence-electron chi connectivity index (χ4n) is 3.00. The lowest BCUT2D eigenvalue weighted by molar-refractivity contribution is -0.121. The zero-order valence-electron chi connectivity index (χ0n) is 15.7. The summed E-state index contributed by atoms with van der Waals surface area (Å²) in [5.74, 6) is -0.137. The number of phenolic OH excluding ortho intramolecular Hbond substituents is 1. The van der Waals surface area contributed by atoms with Gasteiger partial charge in [0.1, 0.15) is 11.8 Å². The second kappa shape index (κ2) is 7.91. The molecule has 1 amide bonds. The molecule has 3 rings (SSSR count). The van der Waals surface area contributed by atoms with Crippen LogP contribution >= 0.6 is 0 Å². The summed E-state index contributed by atoms with van der Waals surface area (Å²) in [6, 6.07) is 16.7. The summed E-state index contributed by atoms with van der Waals surface area (Å²) in [4.78, 5) is 12.4. The van der Waals surface area contributed by atoms with Gasteiger partial charge in [0.25, 0.3) is 5.91 Å². The summed E-state index contributed by atoms with van der Waals surface area (Å²) < 4.78 is 0. The van der Waals surface area contributed by atoms with Crippen LogP contribution in [0.2, 0.25) is 0 Å². The van der Waals surface area contributed by atoms with Crippen molar-refractivity contribution in [1.82, 2.24) is 5.43 Å². The quantitative estimate of drug-likeness (QED) is 0.473. The fourth-order valence-corrected chi connectivity index (χ4v) is 3.00. The number of carbonyl (C=O) groups excluding carboxylic acids is 1. The summed E-state index contributed by atoms with van der Waals surface area (Å²) in [7, 11) is 0. The molecule has 27 heavy (non-hydrogen) atoms. The number of anilines is 1. The summed E-state index contributed by atoms with van der Waals surface area (Å²) in [6.45, 7) is 5.79. The third kappa shape index (κ3) is 4.08. The molecule has 1 unspecified atom stereocenters. The van der Waals surface area contributed by atoms with Crippen LogP contribution in [-0.2, 0) is 4.79 Å². The molecule has 0 saturated heterocycles. The first-order valence-corrected chi connectivity index (χ1v) is 8.83. The number of hydrazone groups is 1. The van der Waals surface area contributed by atoms with Crippen molar-refractivity contribution in [1.29, 1.82) is 0 Å². The Hall–Kier alpha value is -3.34. The number of hydrogen-bond acceptors (Lipinski definition) is 4. The van der Waals surface area contributed by atoms with Gasteiger partial charge in [0.2, 0.25) is 0 Å². The van der Waals surface area contributed by atoms with E-state index in [-0.39, 0.29) is 11.7 Å². The molecule has 0 radical (unpaired) electrons. The van der Waals surface area contributed by atoms with Crippen molar-refractivity contribution in [2.75, 3.05) is 5.32 Å². The molecule has 0 heterocycles. The van der Waals surface area contributed by atoms with Gasteiger partial charge in [-0.3, -0.25) is 4.79 Å². The largest absolute Gasteiger partial charge is 0.507 e. The number of nitrogens with one attached hydrogen (secondary N) is 2. The van der Waals surface area contributed by atoms with Gasteiger partial charge in [-0.25, -0.2) is 5.43 Å². The molecule has 0 aliphatic heterocycles. The number of para-hydroxylation sites is 1. The number of hydrogen-bond donors (Lipinski definition) is 3. The minimum Gasteiger partial charge on any atom is -0.507 e. The Bertz CT molecular complexity index is 991. The Kier molecular flexibility index (Phi) is 5.41. The van der Waals surface area contributed by atoms with Gasteiger partial charge in [-0.1, -0.05) is 48.5 Å². The highest BCUT2D eigenvalue weighted by atomic mass is 16.3. The van der Waals surface area contributed by atoms with E-state index in [4.69, 9.17) is 0 Å². The molecule has 0 bridgehead atoms. The number of carbonyl (C=O) groups is 1. The van der Waals surface area contributed by atoms with E-state index in [9.17, 15) is 9.90 Å². The van der Waals surface area contributed by atoms with Crippen molar-refractivity contribution in [3.8, 4) is 5.75 Å². The number of aromatic hydroxyl groups is 1. The molecule has 3 aromatic rings. The lowest BCUT2D eigenvalue weighted by Gasteiger charge is -2.17. The van der Waals surface area contributed by atoms with Gasteiger partial charge in [-0.05, 0) is 48.7 Å². The van der Waals surface area contributed by atoms with Crippen molar-refractivity contribution in [3.63, 3.8) is 0 Å². The minimum atomic E-state index is -0.455. The van der Waals surface area contributed by atoms with Gasteiger partial charge in [-0.2, -0.15) is 5.10 Å². The normalized spacial score (nSPS) is 12.3. The van der Waals surface area contributed by atoms with Gasteiger partial charge < -0.3 is 10.4 Å². The number of amides is 1. The topological polar surface area (TPSA) is 73.7 Å². The lowest BCUT2D eigenvalue weighted by Crippen LogP contribution is -2.35. The standard InChI is InChI=1S/C22H23N3O2/c1-14-7-6-8-15(2)21(14)24-16(3)22(27)25-23-13-19-18-10-5-4-9-17(18)11-12-20(19)26/h4-13,16,24,26H,1-3H3,(H,25,27)/b23-13+. The lowest BCUT2D eigenvalue weighted by atomic mass is 10.0. The van der Waals surface area contributed by atoms with Gasteiger partial charge in [0, 0.05) is 11.3 Å². The van der Waals surface area contributed by atoms with E-state index in [2.05, 4.69) is 15.8 Å². The fraction of sp³-hybridized carbons (Fsp3) is 0.182. The number of fused-ring (bicyclic) bond motifs is 1.